The number of rotatable bonds is 4. The molecule has 0 bridgehead atoms. The second-order valence-corrected chi connectivity index (χ2v) is 11.8. The average molecular weight is 581 g/mol. The van der Waals surface area contributed by atoms with Crippen molar-refractivity contribution in [3.8, 4) is 23.0 Å². The maximum Gasteiger partial charge on any atom is 0.206 e. The van der Waals surface area contributed by atoms with Gasteiger partial charge in [-0.1, -0.05) is 0 Å². The number of phenolic OH excluding ortho intramolecular Hbond substituents is 4. The Labute approximate surface area is 231 Å². The maximum absolute atomic E-state index is 12.1. The van der Waals surface area contributed by atoms with E-state index in [9.17, 15) is 16.8 Å². The van der Waals surface area contributed by atoms with Crippen LogP contribution in [-0.2, 0) is 19.7 Å². The van der Waals surface area contributed by atoms with Crippen molar-refractivity contribution in [2.75, 3.05) is 0 Å². The zero-order valence-corrected chi connectivity index (χ0v) is 22.3. The molecule has 0 fully saturated rings. The fourth-order valence-corrected chi connectivity index (χ4v) is 5.55. The molecule has 1 heterocycles. The van der Waals surface area contributed by atoms with Gasteiger partial charge in [-0.15, -0.1) is 0 Å². The zero-order chi connectivity index (χ0) is 29.2. The Morgan fingerprint density at radius 1 is 0.350 bits per heavy atom. The molecule has 0 atom stereocenters. The van der Waals surface area contributed by atoms with E-state index in [0.29, 0.717) is 0 Å². The minimum absolute atomic E-state index is 0.00894. The molecule has 4 N–H and O–H groups in total. The lowest BCUT2D eigenvalue weighted by Crippen LogP contribution is -2.01. The largest absolute Gasteiger partial charge is 0.508 e. The summed E-state index contributed by atoms with van der Waals surface area (Å²) in [6, 6.07) is 21.1. The molecule has 0 saturated heterocycles. The molecule has 5 aromatic rings. The van der Waals surface area contributed by atoms with Gasteiger partial charge in [0, 0.05) is 24.8 Å². The summed E-state index contributed by atoms with van der Waals surface area (Å²) in [5.41, 5.74) is 0. The van der Waals surface area contributed by atoms with Crippen molar-refractivity contribution >= 4 is 19.7 Å². The number of hydrogen-bond donors (Lipinski definition) is 4. The number of benzene rings is 4. The van der Waals surface area contributed by atoms with Gasteiger partial charge >= 0.3 is 0 Å². The number of nitrogens with zero attached hydrogens (tertiary/aromatic N) is 2. The van der Waals surface area contributed by atoms with E-state index in [2.05, 4.69) is 9.97 Å². The van der Waals surface area contributed by atoms with Gasteiger partial charge < -0.3 is 20.4 Å². The first-order valence-corrected chi connectivity index (χ1v) is 14.3. The smallest absolute Gasteiger partial charge is 0.206 e. The van der Waals surface area contributed by atoms with Crippen molar-refractivity contribution < 1.29 is 37.3 Å². The molecule has 0 aliphatic heterocycles. The van der Waals surface area contributed by atoms with E-state index in [1.807, 2.05) is 0 Å². The number of phenols is 4. The lowest BCUT2D eigenvalue weighted by atomic mass is 10.3. The molecule has 1 aromatic heterocycles. The van der Waals surface area contributed by atoms with Crippen molar-refractivity contribution in [1.29, 1.82) is 0 Å². The molecule has 0 saturated carbocycles. The Morgan fingerprint density at radius 3 is 0.675 bits per heavy atom. The predicted octanol–water partition coefficient (Wildman–Crippen LogP) is 4.34. The second kappa shape index (κ2) is 13.2. The molecule has 4 aromatic carbocycles. The first-order chi connectivity index (χ1) is 19.0. The minimum atomic E-state index is -3.59. The molecule has 40 heavy (non-hydrogen) atoms. The first kappa shape index (κ1) is 29.6. The van der Waals surface area contributed by atoms with Crippen molar-refractivity contribution in [2.24, 2.45) is 0 Å². The third-order valence-corrected chi connectivity index (χ3v) is 8.64. The fraction of sp³-hybridized carbons (Fsp3) is 0. The number of sulfone groups is 2. The van der Waals surface area contributed by atoms with Crippen LogP contribution < -0.4 is 0 Å². The zero-order valence-electron chi connectivity index (χ0n) is 20.7. The van der Waals surface area contributed by atoms with Gasteiger partial charge in [-0.05, 0) is 97.1 Å². The Hall–Kier alpha value is -4.94. The Morgan fingerprint density at radius 2 is 0.525 bits per heavy atom. The molecular weight excluding hydrogens is 556 g/mol. The molecule has 0 aliphatic rings. The van der Waals surface area contributed by atoms with Crippen LogP contribution in [0.15, 0.2) is 141 Å². The summed E-state index contributed by atoms with van der Waals surface area (Å²) < 4.78 is 48.4. The number of hydrogen-bond acceptors (Lipinski definition) is 10. The molecular formula is C28H24N2O8S2. The number of aromatic hydroxyl groups is 4. The van der Waals surface area contributed by atoms with Gasteiger partial charge in [-0.3, -0.25) is 9.97 Å². The monoisotopic (exact) mass is 580 g/mol. The van der Waals surface area contributed by atoms with Crippen LogP contribution in [0.5, 0.6) is 23.0 Å². The highest BCUT2D eigenvalue weighted by Crippen LogP contribution is 2.25. The quantitative estimate of drug-likeness (QED) is 0.239. The van der Waals surface area contributed by atoms with Crippen LogP contribution >= 0.6 is 0 Å². The molecule has 0 amide bonds. The highest BCUT2D eigenvalue weighted by Gasteiger charge is 2.18. The van der Waals surface area contributed by atoms with Gasteiger partial charge in [0.15, 0.2) is 0 Å². The van der Waals surface area contributed by atoms with Crippen LogP contribution in [0.25, 0.3) is 0 Å². The molecule has 206 valence electrons. The number of aromatic nitrogens is 2. The average Bonchev–Trinajstić information content (AvgIpc) is 2.96. The normalized spacial score (nSPS) is 10.8. The van der Waals surface area contributed by atoms with Gasteiger partial charge in [-0.2, -0.15) is 0 Å². The van der Waals surface area contributed by atoms with Crippen LogP contribution in [0.2, 0.25) is 0 Å². The highest BCUT2D eigenvalue weighted by molar-refractivity contribution is 7.91. The van der Waals surface area contributed by atoms with E-state index < -0.39 is 19.7 Å². The predicted molar refractivity (Wildman–Crippen MR) is 145 cm³/mol. The van der Waals surface area contributed by atoms with Gasteiger partial charge in [0.05, 0.1) is 19.6 Å². The SMILES string of the molecule is O=S(=O)(c1ccc(O)cc1)c1ccc(O)cc1.O=S(=O)(c1ccc(O)cc1)c1ccc(O)cc1.c1cnccn1. The summed E-state index contributed by atoms with van der Waals surface area (Å²) in [4.78, 5) is 7.84. The van der Waals surface area contributed by atoms with Crippen LogP contribution in [0.1, 0.15) is 0 Å². The van der Waals surface area contributed by atoms with Crippen LogP contribution in [0.3, 0.4) is 0 Å². The van der Waals surface area contributed by atoms with Gasteiger partial charge in [-0.25, -0.2) is 16.8 Å². The van der Waals surface area contributed by atoms with Gasteiger partial charge in [0.25, 0.3) is 0 Å². The molecule has 5 rings (SSSR count). The summed E-state index contributed by atoms with van der Waals surface area (Å²) in [5.74, 6) is 0.0358. The molecule has 12 heteroatoms. The lowest BCUT2D eigenvalue weighted by molar-refractivity contribution is 0.474. The van der Waals surface area contributed by atoms with Gasteiger partial charge in [0.2, 0.25) is 19.7 Å². The van der Waals surface area contributed by atoms with E-state index >= 15 is 0 Å². The lowest BCUT2D eigenvalue weighted by Gasteiger charge is -2.04. The Bertz CT molecular complexity index is 1460. The van der Waals surface area contributed by atoms with E-state index in [0.717, 1.165) is 0 Å². The molecule has 0 aliphatic carbocycles. The standard InChI is InChI=1S/2C12H10O4S.C4H4N2/c2*13-9-1-5-11(6-2-9)17(15,16)12-7-3-10(14)4-8-12;1-2-6-4-3-5-1/h2*1-8,13-14H;1-4H. The minimum Gasteiger partial charge on any atom is -0.508 e. The third-order valence-electron chi connectivity index (χ3n) is 5.07. The summed E-state index contributed by atoms with van der Waals surface area (Å²) in [5, 5.41) is 36.4. The van der Waals surface area contributed by atoms with Crippen LogP contribution in [0, 0.1) is 0 Å². The van der Waals surface area contributed by atoms with E-state index in [-0.39, 0.29) is 42.6 Å². The van der Waals surface area contributed by atoms with E-state index in [1.54, 1.807) is 24.8 Å². The highest BCUT2D eigenvalue weighted by atomic mass is 32.2. The van der Waals surface area contributed by atoms with Gasteiger partial charge in [0.1, 0.15) is 23.0 Å². The van der Waals surface area contributed by atoms with Crippen molar-refractivity contribution in [1.82, 2.24) is 9.97 Å². The Balaban J connectivity index is 0.000000183. The van der Waals surface area contributed by atoms with Crippen molar-refractivity contribution in [2.45, 2.75) is 19.6 Å². The summed E-state index contributed by atoms with van der Waals surface area (Å²) >= 11 is 0. The summed E-state index contributed by atoms with van der Waals surface area (Å²) in [6.45, 7) is 0. The van der Waals surface area contributed by atoms with E-state index in [4.69, 9.17) is 20.4 Å². The summed E-state index contributed by atoms with van der Waals surface area (Å²) in [6.07, 6.45) is 6.56. The van der Waals surface area contributed by atoms with Crippen LogP contribution in [0.4, 0.5) is 0 Å². The molecule has 0 radical (unpaired) electrons. The topological polar surface area (TPSA) is 175 Å². The van der Waals surface area contributed by atoms with Crippen molar-refractivity contribution in [3.63, 3.8) is 0 Å². The molecule has 10 nitrogen and oxygen atoms in total. The van der Waals surface area contributed by atoms with Crippen molar-refractivity contribution in [3.05, 3.63) is 122 Å². The van der Waals surface area contributed by atoms with Crippen LogP contribution in [-0.4, -0.2) is 47.2 Å². The third kappa shape index (κ3) is 8.03. The fourth-order valence-electron chi connectivity index (χ4n) is 3.03. The maximum atomic E-state index is 12.1. The Kier molecular flexibility index (Phi) is 9.79. The first-order valence-electron chi connectivity index (χ1n) is 11.4. The summed E-state index contributed by atoms with van der Waals surface area (Å²) in [7, 11) is -7.19. The van der Waals surface area contributed by atoms with E-state index in [1.165, 1.54) is 97.1 Å². The molecule has 0 spiro atoms. The molecule has 0 unspecified atom stereocenters. The second-order valence-electron chi connectivity index (χ2n) is 7.88.